The largest absolute Gasteiger partial charge is 0.508 e. The van der Waals surface area contributed by atoms with Crippen LogP contribution in [0.5, 0.6) is 17.2 Å². The van der Waals surface area contributed by atoms with Crippen LogP contribution in [-0.4, -0.2) is 108 Å². The number of benzene rings is 2. The monoisotopic (exact) mass is 578 g/mol. The van der Waals surface area contributed by atoms with E-state index in [9.17, 15) is 50.8 Å². The van der Waals surface area contributed by atoms with Crippen LogP contribution in [0.25, 0.3) is 22.3 Å². The van der Waals surface area contributed by atoms with Crippen LogP contribution in [0.2, 0.25) is 0 Å². The third-order valence-corrected chi connectivity index (χ3v) is 7.41. The Kier molecular flexibility index (Phi) is 7.95. The molecule has 2 saturated heterocycles. The average molecular weight is 579 g/mol. The van der Waals surface area contributed by atoms with E-state index in [-0.39, 0.29) is 22.5 Å². The number of phenols is 3. The number of aliphatic hydroxyl groups excluding tert-OH is 6. The topological polar surface area (TPSA) is 240 Å². The molecule has 2 aromatic carbocycles. The molecule has 0 amide bonds. The quantitative estimate of drug-likeness (QED) is 0.175. The highest BCUT2D eigenvalue weighted by molar-refractivity contribution is 5.88. The summed E-state index contributed by atoms with van der Waals surface area (Å²) in [6.07, 6.45) is -16.1. The molecule has 0 spiro atoms. The molecule has 3 aromatic rings. The van der Waals surface area contributed by atoms with Crippen molar-refractivity contribution in [3.8, 4) is 28.6 Å². The van der Waals surface area contributed by atoms with Crippen molar-refractivity contribution in [2.24, 2.45) is 0 Å². The summed E-state index contributed by atoms with van der Waals surface area (Å²) in [4.78, 5) is 13.1. The van der Waals surface area contributed by atoms with Crippen LogP contribution in [0.3, 0.4) is 0 Å². The van der Waals surface area contributed by atoms with Gasteiger partial charge >= 0.3 is 0 Å². The van der Waals surface area contributed by atoms with Crippen molar-refractivity contribution in [2.45, 2.75) is 68.1 Å². The normalized spacial score (nSPS) is 34.1. The fraction of sp³-hybridized carbons (Fsp3) is 0.444. The molecule has 14 nitrogen and oxygen atoms in total. The van der Waals surface area contributed by atoms with Crippen LogP contribution in [-0.2, 0) is 14.2 Å². The van der Waals surface area contributed by atoms with Gasteiger partial charge in [-0.2, -0.15) is 0 Å². The van der Waals surface area contributed by atoms with E-state index in [1.54, 1.807) is 0 Å². The molecule has 0 radical (unpaired) electrons. The highest BCUT2D eigenvalue weighted by Crippen LogP contribution is 2.46. The van der Waals surface area contributed by atoms with Gasteiger partial charge in [0.25, 0.3) is 0 Å². The number of fused-ring (bicyclic) bond motifs is 1. The summed E-state index contributed by atoms with van der Waals surface area (Å²) in [5.74, 6) is -1.42. The number of aromatic hydroxyl groups is 3. The highest BCUT2D eigenvalue weighted by atomic mass is 16.7. The summed E-state index contributed by atoms with van der Waals surface area (Å²) >= 11 is 0. The summed E-state index contributed by atoms with van der Waals surface area (Å²) in [5, 5.41) is 93.1. The molecule has 9 N–H and O–H groups in total. The third-order valence-electron chi connectivity index (χ3n) is 7.41. The van der Waals surface area contributed by atoms with E-state index in [0.29, 0.717) is 5.56 Å². The Morgan fingerprint density at radius 3 is 2.20 bits per heavy atom. The lowest BCUT2D eigenvalue weighted by molar-refractivity contribution is -0.338. The van der Waals surface area contributed by atoms with Gasteiger partial charge < -0.3 is 64.6 Å². The van der Waals surface area contributed by atoms with Crippen molar-refractivity contribution in [1.29, 1.82) is 0 Å². The first-order valence-electron chi connectivity index (χ1n) is 12.7. The van der Waals surface area contributed by atoms with Gasteiger partial charge in [-0.05, 0) is 31.2 Å². The number of phenolic OH excluding ortho intramolecular Hbond substituents is 3. The van der Waals surface area contributed by atoms with E-state index in [2.05, 4.69) is 0 Å². The van der Waals surface area contributed by atoms with Crippen LogP contribution < -0.4 is 5.43 Å². The predicted molar refractivity (Wildman–Crippen MR) is 137 cm³/mol. The molecule has 2 aliphatic rings. The second-order valence-electron chi connectivity index (χ2n) is 10.1. The Morgan fingerprint density at radius 1 is 0.854 bits per heavy atom. The zero-order valence-corrected chi connectivity index (χ0v) is 21.5. The Hall–Kier alpha value is -3.31. The Morgan fingerprint density at radius 2 is 1.54 bits per heavy atom. The molecule has 41 heavy (non-hydrogen) atoms. The van der Waals surface area contributed by atoms with Crippen LogP contribution >= 0.6 is 0 Å². The van der Waals surface area contributed by atoms with E-state index < -0.39 is 90.3 Å². The molecule has 14 heteroatoms. The molecule has 0 bridgehead atoms. The van der Waals surface area contributed by atoms with Crippen LogP contribution in [0.15, 0.2) is 45.6 Å². The summed E-state index contributed by atoms with van der Waals surface area (Å²) in [5.41, 5.74) is -0.985. The van der Waals surface area contributed by atoms with Crippen LogP contribution in [0.4, 0.5) is 0 Å². The van der Waals surface area contributed by atoms with Gasteiger partial charge in [0.15, 0.2) is 11.7 Å². The predicted octanol–water partition coefficient (Wildman–Crippen LogP) is -1.06. The lowest BCUT2D eigenvalue weighted by Gasteiger charge is -2.46. The lowest BCUT2D eigenvalue weighted by atomic mass is 9.89. The van der Waals surface area contributed by atoms with Gasteiger partial charge in [0.2, 0.25) is 0 Å². The Bertz CT molecular complexity index is 1460. The van der Waals surface area contributed by atoms with Crippen LogP contribution in [0.1, 0.15) is 18.6 Å². The van der Waals surface area contributed by atoms with Gasteiger partial charge in [0.05, 0.1) is 18.3 Å². The molecular weight excluding hydrogens is 548 g/mol. The number of rotatable bonds is 5. The maximum atomic E-state index is 13.1. The lowest BCUT2D eigenvalue weighted by Crippen LogP contribution is -2.61. The van der Waals surface area contributed by atoms with Gasteiger partial charge in [-0.15, -0.1) is 0 Å². The zero-order chi connectivity index (χ0) is 29.7. The van der Waals surface area contributed by atoms with Crippen molar-refractivity contribution >= 4 is 11.0 Å². The van der Waals surface area contributed by atoms with E-state index in [0.717, 1.165) is 12.1 Å². The minimum absolute atomic E-state index is 0.0131. The zero-order valence-electron chi connectivity index (χ0n) is 21.5. The van der Waals surface area contributed by atoms with Gasteiger partial charge in [-0.25, -0.2) is 0 Å². The van der Waals surface area contributed by atoms with Gasteiger partial charge in [0, 0.05) is 17.7 Å². The molecule has 222 valence electrons. The highest BCUT2D eigenvalue weighted by Gasteiger charge is 2.51. The van der Waals surface area contributed by atoms with Crippen molar-refractivity contribution in [3.05, 3.63) is 52.2 Å². The number of aliphatic hydroxyl groups is 6. The van der Waals surface area contributed by atoms with Crippen LogP contribution in [0, 0.1) is 0 Å². The van der Waals surface area contributed by atoms with Crippen molar-refractivity contribution in [2.75, 3.05) is 6.61 Å². The first-order chi connectivity index (χ1) is 19.4. The minimum Gasteiger partial charge on any atom is -0.508 e. The Balaban J connectivity index is 1.59. The number of hydrogen-bond acceptors (Lipinski definition) is 14. The first-order valence-corrected chi connectivity index (χ1v) is 12.7. The fourth-order valence-electron chi connectivity index (χ4n) is 5.11. The molecule has 0 saturated carbocycles. The van der Waals surface area contributed by atoms with Gasteiger partial charge in [-0.1, -0.05) is 0 Å². The molecule has 10 atom stereocenters. The average Bonchev–Trinajstić information content (AvgIpc) is 2.93. The summed E-state index contributed by atoms with van der Waals surface area (Å²) in [6.45, 7) is 0.601. The number of hydrogen-bond donors (Lipinski definition) is 9. The second kappa shape index (κ2) is 11.2. The smallest absolute Gasteiger partial charge is 0.197 e. The fourth-order valence-corrected chi connectivity index (χ4v) is 5.11. The molecule has 2 aliphatic heterocycles. The minimum atomic E-state index is -1.86. The molecule has 0 aliphatic carbocycles. The van der Waals surface area contributed by atoms with E-state index >= 15 is 0 Å². The van der Waals surface area contributed by atoms with Crippen molar-refractivity contribution < 1.29 is 64.6 Å². The Labute approximate surface area is 231 Å². The molecule has 1 aromatic heterocycles. The maximum Gasteiger partial charge on any atom is 0.197 e. The standard InChI is InChI=1S/C27H30O14/c1-9-19(32)22(35)24(37)27(38-9)41-26-23(36)20(33)16(8-28)40-25(26)18-13(31)7-15-17(21(18)34)12(30)6-14(39-15)10-2-4-11(29)5-3-10/h2-7,9,16,19-20,22-29,31-37H,8H2,1H3. The van der Waals surface area contributed by atoms with E-state index in [4.69, 9.17) is 18.6 Å². The molecule has 10 unspecified atom stereocenters. The van der Waals surface area contributed by atoms with Crippen molar-refractivity contribution in [1.82, 2.24) is 0 Å². The first kappa shape index (κ1) is 29.2. The second-order valence-corrected chi connectivity index (χ2v) is 10.1. The number of ether oxygens (including phenoxy) is 3. The summed E-state index contributed by atoms with van der Waals surface area (Å²) in [7, 11) is 0. The van der Waals surface area contributed by atoms with Gasteiger partial charge in [0.1, 0.15) is 82.8 Å². The SMILES string of the molecule is CC1OC(OC2C(c3c(O)cc4oc(-c5ccc(O)cc5)cc(=O)c4c3O)OC(CO)C(O)C2O)C(O)C(O)C1O. The molecular formula is C27H30O14. The van der Waals surface area contributed by atoms with Gasteiger partial charge in [-0.3, -0.25) is 4.79 Å². The van der Waals surface area contributed by atoms with E-state index in [1.165, 1.54) is 31.2 Å². The maximum absolute atomic E-state index is 13.1. The van der Waals surface area contributed by atoms with Crippen molar-refractivity contribution in [3.63, 3.8) is 0 Å². The van der Waals surface area contributed by atoms with E-state index in [1.807, 2.05) is 0 Å². The summed E-state index contributed by atoms with van der Waals surface area (Å²) in [6, 6.07) is 7.85. The third kappa shape index (κ3) is 5.14. The summed E-state index contributed by atoms with van der Waals surface area (Å²) < 4.78 is 22.6. The molecule has 3 heterocycles. The molecule has 2 fully saturated rings. The molecule has 5 rings (SSSR count).